The van der Waals surface area contributed by atoms with Gasteiger partial charge in [0.2, 0.25) is 0 Å². The molecule has 1 aliphatic rings. The maximum absolute atomic E-state index is 13.3. The summed E-state index contributed by atoms with van der Waals surface area (Å²) in [7, 11) is 0. The van der Waals surface area contributed by atoms with E-state index in [0.29, 0.717) is 11.0 Å². The monoisotopic (exact) mass is 280 g/mol. The van der Waals surface area contributed by atoms with Crippen molar-refractivity contribution in [2.45, 2.75) is 33.1 Å². The first-order valence-corrected chi connectivity index (χ1v) is 7.20. The Morgan fingerprint density at radius 3 is 2.58 bits per heavy atom. The van der Waals surface area contributed by atoms with Gasteiger partial charge in [0.05, 0.1) is 0 Å². The molecular formula is C15H21FN2S. The molecule has 1 aromatic carbocycles. The Balaban J connectivity index is 2.22. The molecule has 2 rings (SSSR count). The summed E-state index contributed by atoms with van der Waals surface area (Å²) in [5.41, 5.74) is 7.75. The number of thiocarbonyl (C=S) groups is 1. The van der Waals surface area contributed by atoms with Crippen LogP contribution in [0.2, 0.25) is 0 Å². The first-order valence-electron chi connectivity index (χ1n) is 6.79. The molecule has 0 bridgehead atoms. The molecule has 4 heteroatoms. The molecule has 19 heavy (non-hydrogen) atoms. The van der Waals surface area contributed by atoms with E-state index in [2.05, 4.69) is 18.7 Å². The van der Waals surface area contributed by atoms with Crippen molar-refractivity contribution in [3.63, 3.8) is 0 Å². The third-order valence-corrected chi connectivity index (χ3v) is 4.61. The second kappa shape index (κ2) is 5.45. The van der Waals surface area contributed by atoms with Crippen LogP contribution < -0.4 is 10.6 Å². The van der Waals surface area contributed by atoms with Crippen molar-refractivity contribution in [1.82, 2.24) is 0 Å². The fourth-order valence-corrected chi connectivity index (χ4v) is 2.79. The van der Waals surface area contributed by atoms with Gasteiger partial charge in [0, 0.05) is 24.3 Å². The quantitative estimate of drug-likeness (QED) is 0.860. The molecule has 0 unspecified atom stereocenters. The lowest BCUT2D eigenvalue weighted by molar-refractivity contribution is 0.238. The Bertz CT molecular complexity index is 479. The van der Waals surface area contributed by atoms with Crippen molar-refractivity contribution in [2.24, 2.45) is 11.1 Å². The summed E-state index contributed by atoms with van der Waals surface area (Å²) >= 11 is 5.03. The summed E-state index contributed by atoms with van der Waals surface area (Å²) in [4.78, 5) is 2.53. The number of nitrogens with two attached hydrogens (primary N) is 1. The average molecular weight is 280 g/mol. The number of benzene rings is 1. The molecule has 0 saturated carbocycles. The van der Waals surface area contributed by atoms with Crippen molar-refractivity contribution in [3.8, 4) is 0 Å². The first kappa shape index (κ1) is 14.3. The normalized spacial score (nSPS) is 18.4. The smallest absolute Gasteiger partial charge is 0.124 e. The van der Waals surface area contributed by atoms with Crippen molar-refractivity contribution < 1.29 is 4.39 Å². The second-order valence-electron chi connectivity index (χ2n) is 5.68. The topological polar surface area (TPSA) is 29.3 Å². The Hall–Kier alpha value is -1.16. The zero-order valence-electron chi connectivity index (χ0n) is 11.6. The van der Waals surface area contributed by atoms with Crippen molar-refractivity contribution in [3.05, 3.63) is 29.6 Å². The van der Waals surface area contributed by atoms with Crippen LogP contribution in [0.4, 0.5) is 10.1 Å². The maximum atomic E-state index is 13.3. The number of anilines is 1. The van der Waals surface area contributed by atoms with Gasteiger partial charge in [0.1, 0.15) is 10.8 Å². The van der Waals surface area contributed by atoms with E-state index >= 15 is 0 Å². The van der Waals surface area contributed by atoms with E-state index in [0.717, 1.165) is 31.6 Å². The highest BCUT2D eigenvalue weighted by molar-refractivity contribution is 7.80. The van der Waals surface area contributed by atoms with Crippen LogP contribution in [0.3, 0.4) is 0 Å². The molecule has 0 aliphatic carbocycles. The molecular weight excluding hydrogens is 259 g/mol. The van der Waals surface area contributed by atoms with Crippen LogP contribution in [0, 0.1) is 11.2 Å². The maximum Gasteiger partial charge on any atom is 0.124 e. The third-order valence-electron chi connectivity index (χ3n) is 4.39. The molecule has 0 amide bonds. The van der Waals surface area contributed by atoms with E-state index < -0.39 is 0 Å². The fraction of sp³-hybridized carbons (Fsp3) is 0.533. The number of piperidine rings is 1. The minimum atomic E-state index is -0.290. The largest absolute Gasteiger partial charge is 0.389 e. The van der Waals surface area contributed by atoms with Gasteiger partial charge in [0.15, 0.2) is 0 Å². The molecule has 1 aliphatic heterocycles. The van der Waals surface area contributed by atoms with Crippen LogP contribution in [0.1, 0.15) is 38.7 Å². The van der Waals surface area contributed by atoms with E-state index in [1.165, 1.54) is 18.6 Å². The molecule has 0 radical (unpaired) electrons. The van der Waals surface area contributed by atoms with Gasteiger partial charge in [-0.1, -0.05) is 32.5 Å². The number of hydrogen-bond acceptors (Lipinski definition) is 2. The van der Waals surface area contributed by atoms with E-state index in [4.69, 9.17) is 18.0 Å². The number of halogens is 1. The van der Waals surface area contributed by atoms with Crippen LogP contribution in [0.25, 0.3) is 0 Å². The van der Waals surface area contributed by atoms with Crippen LogP contribution in [-0.4, -0.2) is 18.1 Å². The lowest BCUT2D eigenvalue weighted by atomic mass is 9.78. The van der Waals surface area contributed by atoms with Gasteiger partial charge in [-0.3, -0.25) is 0 Å². The summed E-state index contributed by atoms with van der Waals surface area (Å²) in [5.74, 6) is -0.290. The van der Waals surface area contributed by atoms with Gasteiger partial charge >= 0.3 is 0 Å². The molecule has 0 spiro atoms. The highest BCUT2D eigenvalue weighted by Crippen LogP contribution is 2.36. The van der Waals surface area contributed by atoms with Crippen LogP contribution >= 0.6 is 12.2 Å². The fourth-order valence-electron chi connectivity index (χ4n) is 2.62. The van der Waals surface area contributed by atoms with Crippen LogP contribution in [-0.2, 0) is 0 Å². The predicted molar refractivity (Wildman–Crippen MR) is 82.1 cm³/mol. The van der Waals surface area contributed by atoms with Gasteiger partial charge in [-0.15, -0.1) is 0 Å². The summed E-state index contributed by atoms with van der Waals surface area (Å²) in [6.07, 6.45) is 3.50. The molecule has 1 aromatic rings. The summed E-state index contributed by atoms with van der Waals surface area (Å²) < 4.78 is 13.3. The van der Waals surface area contributed by atoms with Crippen LogP contribution in [0.15, 0.2) is 18.2 Å². The molecule has 1 saturated heterocycles. The number of hydrogen-bond donors (Lipinski definition) is 1. The van der Waals surface area contributed by atoms with E-state index in [-0.39, 0.29) is 10.8 Å². The number of rotatable bonds is 3. The van der Waals surface area contributed by atoms with Gasteiger partial charge in [-0.2, -0.15) is 0 Å². The van der Waals surface area contributed by atoms with E-state index in [9.17, 15) is 4.39 Å². The Labute approximate surface area is 119 Å². The minimum Gasteiger partial charge on any atom is -0.389 e. The summed E-state index contributed by atoms with van der Waals surface area (Å²) in [6.45, 7) is 6.54. The molecule has 1 heterocycles. The van der Waals surface area contributed by atoms with Gasteiger partial charge < -0.3 is 10.6 Å². The lowest BCUT2D eigenvalue weighted by Crippen LogP contribution is -2.39. The minimum absolute atomic E-state index is 0.262. The van der Waals surface area contributed by atoms with Crippen LogP contribution in [0.5, 0.6) is 0 Å². The Kier molecular flexibility index (Phi) is 4.09. The van der Waals surface area contributed by atoms with E-state index in [1.807, 2.05) is 0 Å². The molecule has 0 atom stereocenters. The summed E-state index contributed by atoms with van der Waals surface area (Å²) in [6, 6.07) is 4.70. The third kappa shape index (κ3) is 3.06. The zero-order valence-corrected chi connectivity index (χ0v) is 12.4. The van der Waals surface area contributed by atoms with Gasteiger partial charge in [-0.05, 0) is 36.5 Å². The zero-order chi connectivity index (χ0) is 14.0. The lowest BCUT2D eigenvalue weighted by Gasteiger charge is -2.40. The highest BCUT2D eigenvalue weighted by Gasteiger charge is 2.29. The van der Waals surface area contributed by atoms with Gasteiger partial charge in [0.25, 0.3) is 0 Å². The molecule has 2 nitrogen and oxygen atoms in total. The Morgan fingerprint density at radius 2 is 2.05 bits per heavy atom. The first-order chi connectivity index (χ1) is 8.95. The second-order valence-corrected chi connectivity index (χ2v) is 6.12. The van der Waals surface area contributed by atoms with Crippen molar-refractivity contribution >= 4 is 22.9 Å². The molecule has 1 fully saturated rings. The molecule has 0 aromatic heterocycles. The average Bonchev–Trinajstić information content (AvgIpc) is 2.40. The SMILES string of the molecule is CCC1(C)CCN(c2ccc(F)cc2C(N)=S)CC1. The standard InChI is InChI=1S/C15H21FN2S/c1-3-15(2)6-8-18(9-7-15)13-5-4-11(16)10-12(13)14(17)19/h4-5,10H,3,6-9H2,1-2H3,(H2,17,19). The molecule has 104 valence electrons. The molecule has 2 N–H and O–H groups in total. The summed E-state index contributed by atoms with van der Waals surface area (Å²) in [5, 5.41) is 0. The van der Waals surface area contributed by atoms with Gasteiger partial charge in [-0.25, -0.2) is 4.39 Å². The Morgan fingerprint density at radius 1 is 1.42 bits per heavy atom. The van der Waals surface area contributed by atoms with E-state index in [1.54, 1.807) is 6.07 Å². The predicted octanol–water partition coefficient (Wildman–Crippen LogP) is 3.48. The van der Waals surface area contributed by atoms with Crippen molar-refractivity contribution in [1.29, 1.82) is 0 Å². The number of nitrogens with zero attached hydrogens (tertiary/aromatic N) is 1. The highest BCUT2D eigenvalue weighted by atomic mass is 32.1. The van der Waals surface area contributed by atoms with Crippen molar-refractivity contribution in [2.75, 3.05) is 18.0 Å².